The van der Waals surface area contributed by atoms with E-state index in [9.17, 15) is 13.2 Å². The summed E-state index contributed by atoms with van der Waals surface area (Å²) in [5.74, 6) is 0.0859. The standard InChI is InChI=1S/C19H32N2O6S/c1-13(25-6)18(2,3)15-11-16(21-27-15)20-17(22)19(4,5)28(23,24)12-14-7-9-26-10-8-14/h11,13-14H,7-10,12H2,1-6H3,(H,20,21,22). The van der Waals surface area contributed by atoms with Crippen LogP contribution in [-0.4, -0.2) is 56.4 Å². The summed E-state index contributed by atoms with van der Waals surface area (Å²) < 4.78 is 40.2. The van der Waals surface area contributed by atoms with Gasteiger partial charge >= 0.3 is 0 Å². The fourth-order valence-corrected chi connectivity index (χ4v) is 4.68. The molecule has 1 aromatic rings. The van der Waals surface area contributed by atoms with Crippen LogP contribution in [-0.2, 0) is 29.5 Å². The van der Waals surface area contributed by atoms with Crippen LogP contribution in [0.2, 0.25) is 0 Å². The molecule has 1 saturated heterocycles. The highest BCUT2D eigenvalue weighted by atomic mass is 32.2. The zero-order valence-corrected chi connectivity index (χ0v) is 18.4. The number of methoxy groups -OCH3 is 1. The summed E-state index contributed by atoms with van der Waals surface area (Å²) in [7, 11) is -2.06. The first kappa shape index (κ1) is 22.8. The van der Waals surface area contributed by atoms with Crippen LogP contribution in [0, 0.1) is 5.92 Å². The quantitative estimate of drug-likeness (QED) is 0.694. The lowest BCUT2D eigenvalue weighted by atomic mass is 9.84. The molecule has 1 unspecified atom stereocenters. The van der Waals surface area contributed by atoms with E-state index in [1.165, 1.54) is 13.8 Å². The molecule has 0 aromatic carbocycles. The van der Waals surface area contributed by atoms with Crippen molar-refractivity contribution in [3.8, 4) is 0 Å². The van der Waals surface area contributed by atoms with Crippen molar-refractivity contribution in [3.05, 3.63) is 11.8 Å². The second-order valence-corrected chi connectivity index (χ2v) is 11.1. The summed E-state index contributed by atoms with van der Waals surface area (Å²) >= 11 is 0. The Bertz CT molecular complexity index is 778. The van der Waals surface area contributed by atoms with E-state index in [1.54, 1.807) is 13.2 Å². The Hall–Kier alpha value is -1.45. The molecule has 0 radical (unpaired) electrons. The molecule has 0 spiro atoms. The number of amides is 1. The van der Waals surface area contributed by atoms with Gasteiger partial charge in [0.1, 0.15) is 10.5 Å². The van der Waals surface area contributed by atoms with Crippen LogP contribution in [0.1, 0.15) is 53.2 Å². The number of hydrogen-bond acceptors (Lipinski definition) is 7. The van der Waals surface area contributed by atoms with Gasteiger partial charge in [-0.15, -0.1) is 0 Å². The van der Waals surface area contributed by atoms with Crippen molar-refractivity contribution in [3.63, 3.8) is 0 Å². The predicted octanol–water partition coefficient (Wildman–Crippen LogP) is 2.55. The van der Waals surface area contributed by atoms with Crippen LogP contribution in [0.3, 0.4) is 0 Å². The Morgan fingerprint density at radius 2 is 1.93 bits per heavy atom. The van der Waals surface area contributed by atoms with E-state index >= 15 is 0 Å². The van der Waals surface area contributed by atoms with Gasteiger partial charge in [0.2, 0.25) is 5.91 Å². The Morgan fingerprint density at radius 1 is 1.32 bits per heavy atom. The monoisotopic (exact) mass is 416 g/mol. The van der Waals surface area contributed by atoms with Crippen LogP contribution in [0.5, 0.6) is 0 Å². The summed E-state index contributed by atoms with van der Waals surface area (Å²) in [5.41, 5.74) is -0.463. The molecule has 1 aromatic heterocycles. The minimum absolute atomic E-state index is 0.0146. The molecule has 1 atom stereocenters. The molecule has 0 saturated carbocycles. The van der Waals surface area contributed by atoms with Gasteiger partial charge in [-0.25, -0.2) is 8.42 Å². The number of hydrogen-bond donors (Lipinski definition) is 1. The van der Waals surface area contributed by atoms with Gasteiger partial charge in [-0.1, -0.05) is 19.0 Å². The van der Waals surface area contributed by atoms with Gasteiger partial charge in [-0.05, 0) is 39.5 Å². The van der Waals surface area contributed by atoms with Gasteiger partial charge in [0.05, 0.1) is 17.3 Å². The van der Waals surface area contributed by atoms with Crippen molar-refractivity contribution in [1.29, 1.82) is 0 Å². The predicted molar refractivity (Wildman–Crippen MR) is 106 cm³/mol. The van der Waals surface area contributed by atoms with Crippen molar-refractivity contribution in [2.45, 2.75) is 63.7 Å². The van der Waals surface area contributed by atoms with Gasteiger partial charge in [-0.2, -0.15) is 0 Å². The third-order valence-corrected chi connectivity index (χ3v) is 8.53. The fraction of sp³-hybridized carbons (Fsp3) is 0.789. The van der Waals surface area contributed by atoms with E-state index in [0.717, 1.165) is 0 Å². The SMILES string of the molecule is COC(C)C(C)(C)c1cc(NC(=O)C(C)(C)S(=O)(=O)CC2CCOCC2)no1. The van der Waals surface area contributed by atoms with Crippen molar-refractivity contribution >= 4 is 21.6 Å². The molecule has 28 heavy (non-hydrogen) atoms. The van der Waals surface area contributed by atoms with Crippen molar-refractivity contribution < 1.29 is 27.2 Å². The van der Waals surface area contributed by atoms with Gasteiger partial charge < -0.3 is 19.3 Å². The topological polar surface area (TPSA) is 108 Å². The largest absolute Gasteiger partial charge is 0.381 e. The third-order valence-electron chi connectivity index (χ3n) is 5.88. The van der Waals surface area contributed by atoms with Gasteiger partial charge in [0.25, 0.3) is 0 Å². The molecular weight excluding hydrogens is 384 g/mol. The fourth-order valence-electron chi connectivity index (χ4n) is 2.97. The summed E-state index contributed by atoms with van der Waals surface area (Å²) in [6.45, 7) is 9.76. The molecule has 1 fully saturated rings. The molecule has 2 heterocycles. The lowest BCUT2D eigenvalue weighted by molar-refractivity contribution is -0.117. The number of ether oxygens (including phenoxy) is 2. The van der Waals surface area contributed by atoms with E-state index in [2.05, 4.69) is 10.5 Å². The van der Waals surface area contributed by atoms with Gasteiger partial charge in [-0.3, -0.25) is 4.79 Å². The van der Waals surface area contributed by atoms with Crippen molar-refractivity contribution in [1.82, 2.24) is 5.16 Å². The average molecular weight is 417 g/mol. The van der Waals surface area contributed by atoms with Crippen molar-refractivity contribution in [2.75, 3.05) is 31.4 Å². The van der Waals surface area contributed by atoms with Gasteiger partial charge in [0.15, 0.2) is 15.7 Å². The highest BCUT2D eigenvalue weighted by molar-refractivity contribution is 7.93. The number of aromatic nitrogens is 1. The first-order chi connectivity index (χ1) is 12.9. The molecule has 2 rings (SSSR count). The Morgan fingerprint density at radius 3 is 2.50 bits per heavy atom. The zero-order valence-electron chi connectivity index (χ0n) is 17.6. The molecule has 8 nitrogen and oxygen atoms in total. The number of anilines is 1. The Kier molecular flexibility index (Phi) is 6.94. The lowest BCUT2D eigenvalue weighted by Gasteiger charge is -2.28. The zero-order chi connectivity index (χ0) is 21.2. The second kappa shape index (κ2) is 8.51. The summed E-state index contributed by atoms with van der Waals surface area (Å²) in [6, 6.07) is 1.61. The highest BCUT2D eigenvalue weighted by Gasteiger charge is 2.43. The molecule has 9 heteroatoms. The van der Waals surface area contributed by atoms with E-state index in [1.807, 2.05) is 20.8 Å². The molecule has 1 aliphatic rings. The highest BCUT2D eigenvalue weighted by Crippen LogP contribution is 2.31. The molecule has 160 valence electrons. The maximum Gasteiger partial charge on any atom is 0.246 e. The van der Waals surface area contributed by atoms with E-state index in [4.69, 9.17) is 14.0 Å². The van der Waals surface area contributed by atoms with E-state index in [0.29, 0.717) is 31.8 Å². The normalized spacial score (nSPS) is 18.1. The summed E-state index contributed by atoms with van der Waals surface area (Å²) in [6.07, 6.45) is 1.24. The van der Waals surface area contributed by atoms with Crippen LogP contribution in [0.4, 0.5) is 5.82 Å². The lowest BCUT2D eigenvalue weighted by Crippen LogP contribution is -2.47. The van der Waals surface area contributed by atoms with Crippen LogP contribution in [0.25, 0.3) is 0 Å². The smallest absolute Gasteiger partial charge is 0.246 e. The maximum atomic E-state index is 12.9. The second-order valence-electron chi connectivity index (χ2n) is 8.48. The minimum Gasteiger partial charge on any atom is -0.381 e. The first-order valence-electron chi connectivity index (χ1n) is 9.53. The molecule has 1 aliphatic heterocycles. The number of sulfone groups is 1. The third kappa shape index (κ3) is 4.75. The molecule has 0 aliphatic carbocycles. The Balaban J connectivity index is 2.10. The van der Waals surface area contributed by atoms with E-state index < -0.39 is 25.9 Å². The molecule has 1 amide bonds. The number of nitrogens with zero attached hydrogens (tertiary/aromatic N) is 1. The minimum atomic E-state index is -3.66. The van der Waals surface area contributed by atoms with Gasteiger partial charge in [0, 0.05) is 26.4 Å². The van der Waals surface area contributed by atoms with Crippen LogP contribution >= 0.6 is 0 Å². The average Bonchev–Trinajstić information content (AvgIpc) is 3.10. The molecular formula is C19H32N2O6S. The van der Waals surface area contributed by atoms with Crippen LogP contribution < -0.4 is 5.32 Å². The number of carbonyl (C=O) groups excluding carboxylic acids is 1. The first-order valence-corrected chi connectivity index (χ1v) is 11.2. The van der Waals surface area contributed by atoms with Crippen molar-refractivity contribution in [2.24, 2.45) is 5.92 Å². The number of rotatable bonds is 8. The molecule has 0 bridgehead atoms. The number of carbonyl (C=O) groups is 1. The van der Waals surface area contributed by atoms with E-state index in [-0.39, 0.29) is 23.6 Å². The summed E-state index contributed by atoms with van der Waals surface area (Å²) in [5, 5.41) is 6.46. The Labute approximate surface area is 167 Å². The molecule has 1 N–H and O–H groups in total. The van der Waals surface area contributed by atoms with Crippen LogP contribution in [0.15, 0.2) is 10.6 Å². The number of nitrogens with one attached hydrogen (secondary N) is 1. The maximum absolute atomic E-state index is 12.9. The summed E-state index contributed by atoms with van der Waals surface area (Å²) in [4.78, 5) is 12.8.